The highest BCUT2D eigenvalue weighted by atomic mass is 19.1. The molecule has 0 atom stereocenters. The number of hydrogen-bond acceptors (Lipinski definition) is 4. The van der Waals surface area contributed by atoms with Crippen molar-refractivity contribution in [1.29, 1.82) is 0 Å². The fraction of sp³-hybridized carbons (Fsp3) is 0.278. The minimum atomic E-state index is -0.827. The van der Waals surface area contributed by atoms with E-state index in [0.717, 1.165) is 5.56 Å². The molecule has 7 heteroatoms. The van der Waals surface area contributed by atoms with Crippen molar-refractivity contribution in [3.05, 3.63) is 60.1 Å². The van der Waals surface area contributed by atoms with Gasteiger partial charge in [-0.15, -0.1) is 0 Å². The Morgan fingerprint density at radius 3 is 2.72 bits per heavy atom. The van der Waals surface area contributed by atoms with Crippen LogP contribution in [-0.2, 0) is 6.42 Å². The molecule has 0 aliphatic carbocycles. The number of fused-ring (bicyclic) bond motifs is 1. The topological polar surface area (TPSA) is 80.0 Å². The van der Waals surface area contributed by atoms with E-state index in [1.54, 1.807) is 30.8 Å². The first kappa shape index (κ1) is 17.0. The molecule has 0 spiro atoms. The molecule has 0 unspecified atom stereocenters. The number of nitrogens with zero attached hydrogens (tertiary/aromatic N) is 3. The van der Waals surface area contributed by atoms with Gasteiger partial charge < -0.3 is 5.11 Å². The van der Waals surface area contributed by atoms with E-state index in [0.29, 0.717) is 29.3 Å². The Kier molecular flexibility index (Phi) is 4.50. The lowest BCUT2D eigenvalue weighted by atomic mass is 9.99. The summed E-state index contributed by atoms with van der Waals surface area (Å²) in [6, 6.07) is 4.39. The van der Waals surface area contributed by atoms with Gasteiger partial charge in [-0.1, -0.05) is 0 Å². The van der Waals surface area contributed by atoms with E-state index >= 15 is 0 Å². The van der Waals surface area contributed by atoms with E-state index < -0.39 is 5.60 Å². The van der Waals surface area contributed by atoms with Crippen LogP contribution in [0.25, 0.3) is 10.9 Å². The van der Waals surface area contributed by atoms with E-state index in [2.05, 4.69) is 15.4 Å². The molecule has 0 fully saturated rings. The van der Waals surface area contributed by atoms with Gasteiger partial charge in [-0.25, -0.2) is 14.4 Å². The SMILES string of the molecule is CC(C)(O)CCc1cn(NC(=O)c2cncnc2)c2ccc(F)cc12. The van der Waals surface area contributed by atoms with Gasteiger partial charge in [0.05, 0.1) is 16.7 Å². The molecule has 1 aromatic carbocycles. The lowest BCUT2D eigenvalue weighted by Gasteiger charge is -2.16. The molecular weight excluding hydrogens is 323 g/mol. The fourth-order valence-electron chi connectivity index (χ4n) is 2.59. The van der Waals surface area contributed by atoms with Crippen LogP contribution >= 0.6 is 0 Å². The number of aromatic nitrogens is 3. The molecular formula is C18H19FN4O2. The third kappa shape index (κ3) is 4.00. The summed E-state index contributed by atoms with van der Waals surface area (Å²) in [5.41, 5.74) is 3.77. The van der Waals surface area contributed by atoms with Crippen LogP contribution in [0, 0.1) is 5.82 Å². The molecule has 3 rings (SSSR count). The largest absolute Gasteiger partial charge is 0.390 e. The maximum Gasteiger partial charge on any atom is 0.273 e. The van der Waals surface area contributed by atoms with Crippen molar-refractivity contribution >= 4 is 16.8 Å². The smallest absolute Gasteiger partial charge is 0.273 e. The first-order chi connectivity index (χ1) is 11.8. The van der Waals surface area contributed by atoms with E-state index in [1.807, 2.05) is 0 Å². The molecule has 2 heterocycles. The highest BCUT2D eigenvalue weighted by Crippen LogP contribution is 2.25. The van der Waals surface area contributed by atoms with Crippen LogP contribution in [-0.4, -0.2) is 31.3 Å². The number of nitrogens with one attached hydrogen (secondary N) is 1. The molecule has 0 bridgehead atoms. The number of halogens is 1. The van der Waals surface area contributed by atoms with Crippen molar-refractivity contribution in [2.45, 2.75) is 32.3 Å². The van der Waals surface area contributed by atoms with Crippen LogP contribution in [0.15, 0.2) is 43.1 Å². The lowest BCUT2D eigenvalue weighted by molar-refractivity contribution is 0.0714. The Bertz CT molecular complexity index is 901. The zero-order valence-electron chi connectivity index (χ0n) is 14.0. The van der Waals surface area contributed by atoms with E-state index in [1.165, 1.54) is 30.9 Å². The number of aliphatic hydroxyl groups is 1. The Hall–Kier alpha value is -2.80. The minimum absolute atomic E-state index is 0.324. The number of benzene rings is 1. The molecule has 6 nitrogen and oxygen atoms in total. The maximum atomic E-state index is 13.7. The van der Waals surface area contributed by atoms with Gasteiger partial charge in [-0.05, 0) is 50.5 Å². The summed E-state index contributed by atoms with van der Waals surface area (Å²) in [6.07, 6.45) is 7.01. The summed E-state index contributed by atoms with van der Waals surface area (Å²) >= 11 is 0. The zero-order chi connectivity index (χ0) is 18.0. The predicted octanol–water partition coefficient (Wildman–Crippen LogP) is 2.66. The highest BCUT2D eigenvalue weighted by molar-refractivity contribution is 6.00. The van der Waals surface area contributed by atoms with Gasteiger partial charge in [0.1, 0.15) is 12.1 Å². The molecule has 0 aliphatic heterocycles. The van der Waals surface area contributed by atoms with Crippen molar-refractivity contribution in [3.8, 4) is 0 Å². The quantitative estimate of drug-likeness (QED) is 0.747. The van der Waals surface area contributed by atoms with Crippen molar-refractivity contribution in [2.24, 2.45) is 0 Å². The number of carbonyl (C=O) groups is 1. The summed E-state index contributed by atoms with van der Waals surface area (Å²) in [6.45, 7) is 3.45. The molecule has 3 aromatic rings. The predicted molar refractivity (Wildman–Crippen MR) is 92.2 cm³/mol. The van der Waals surface area contributed by atoms with Crippen molar-refractivity contribution < 1.29 is 14.3 Å². The second kappa shape index (κ2) is 6.60. The lowest BCUT2D eigenvalue weighted by Crippen LogP contribution is -2.22. The van der Waals surface area contributed by atoms with Crippen LogP contribution in [0.1, 0.15) is 36.2 Å². The third-order valence-corrected chi connectivity index (χ3v) is 3.90. The van der Waals surface area contributed by atoms with Crippen molar-refractivity contribution in [3.63, 3.8) is 0 Å². The number of hydrogen-bond donors (Lipinski definition) is 2. The Labute approximate surface area is 144 Å². The number of amides is 1. The van der Waals surface area contributed by atoms with Gasteiger partial charge in [0.25, 0.3) is 5.91 Å². The van der Waals surface area contributed by atoms with Gasteiger partial charge in [-0.3, -0.25) is 14.9 Å². The Morgan fingerprint density at radius 1 is 1.32 bits per heavy atom. The molecule has 2 aromatic heterocycles. The van der Waals surface area contributed by atoms with Gasteiger partial charge in [0.2, 0.25) is 0 Å². The molecule has 1 amide bonds. The summed E-state index contributed by atoms with van der Waals surface area (Å²) in [7, 11) is 0. The number of aryl methyl sites for hydroxylation is 1. The molecule has 0 aliphatic rings. The number of carbonyl (C=O) groups excluding carboxylic acids is 1. The maximum absolute atomic E-state index is 13.7. The average molecular weight is 342 g/mol. The molecule has 0 saturated heterocycles. The van der Waals surface area contributed by atoms with Crippen LogP contribution in [0.3, 0.4) is 0 Å². The fourth-order valence-corrected chi connectivity index (χ4v) is 2.59. The monoisotopic (exact) mass is 342 g/mol. The highest BCUT2D eigenvalue weighted by Gasteiger charge is 2.17. The van der Waals surface area contributed by atoms with Crippen molar-refractivity contribution in [1.82, 2.24) is 14.6 Å². The van der Waals surface area contributed by atoms with Crippen LogP contribution in [0.2, 0.25) is 0 Å². The van der Waals surface area contributed by atoms with Crippen LogP contribution in [0.4, 0.5) is 4.39 Å². The first-order valence-corrected chi connectivity index (χ1v) is 7.92. The van der Waals surface area contributed by atoms with Crippen LogP contribution in [0.5, 0.6) is 0 Å². The summed E-state index contributed by atoms with van der Waals surface area (Å²) in [4.78, 5) is 20.0. The van der Waals surface area contributed by atoms with Gasteiger partial charge in [-0.2, -0.15) is 0 Å². The van der Waals surface area contributed by atoms with Crippen molar-refractivity contribution in [2.75, 3.05) is 5.43 Å². The average Bonchev–Trinajstić information content (AvgIpc) is 2.90. The standard InChI is InChI=1S/C18H19FN4O2/c1-18(2,25)6-5-12-10-23(16-4-3-14(19)7-15(12)16)22-17(24)13-8-20-11-21-9-13/h3-4,7-11,25H,5-6H2,1-2H3,(H,22,24). The second-order valence-corrected chi connectivity index (χ2v) is 6.57. The van der Waals surface area contributed by atoms with Crippen LogP contribution < -0.4 is 5.43 Å². The molecule has 2 N–H and O–H groups in total. The molecule has 130 valence electrons. The van der Waals surface area contributed by atoms with E-state index in [9.17, 15) is 14.3 Å². The molecule has 25 heavy (non-hydrogen) atoms. The summed E-state index contributed by atoms with van der Waals surface area (Å²) in [5.74, 6) is -0.714. The zero-order valence-corrected chi connectivity index (χ0v) is 14.0. The first-order valence-electron chi connectivity index (χ1n) is 7.92. The molecule has 0 radical (unpaired) electrons. The summed E-state index contributed by atoms with van der Waals surface area (Å²) in [5, 5.41) is 10.6. The van der Waals surface area contributed by atoms with Gasteiger partial charge in [0.15, 0.2) is 0 Å². The van der Waals surface area contributed by atoms with Gasteiger partial charge >= 0.3 is 0 Å². The molecule has 0 saturated carbocycles. The van der Waals surface area contributed by atoms with E-state index in [-0.39, 0.29) is 11.7 Å². The normalized spacial score (nSPS) is 11.7. The minimum Gasteiger partial charge on any atom is -0.390 e. The Morgan fingerprint density at radius 2 is 2.04 bits per heavy atom. The van der Waals surface area contributed by atoms with Gasteiger partial charge in [0, 0.05) is 24.0 Å². The second-order valence-electron chi connectivity index (χ2n) is 6.57. The number of rotatable bonds is 5. The summed E-state index contributed by atoms with van der Waals surface area (Å²) < 4.78 is 15.2. The Balaban J connectivity index is 1.94. The van der Waals surface area contributed by atoms with E-state index in [4.69, 9.17) is 0 Å². The third-order valence-electron chi connectivity index (χ3n) is 3.90.